The summed E-state index contributed by atoms with van der Waals surface area (Å²) in [4.78, 5) is 0. The van der Waals surface area contributed by atoms with E-state index >= 15 is 0 Å². The fourth-order valence-electron chi connectivity index (χ4n) is 2.96. The van der Waals surface area contributed by atoms with Crippen molar-refractivity contribution in [2.45, 2.75) is 32.1 Å². The summed E-state index contributed by atoms with van der Waals surface area (Å²) < 4.78 is 11.6. The Bertz CT molecular complexity index is 850. The number of para-hydroxylation sites is 2. The number of fused-ring (bicyclic) bond motifs is 2. The van der Waals surface area contributed by atoms with Crippen LogP contribution in [0.2, 0.25) is 0 Å². The maximum absolute atomic E-state index is 5.88. The first-order valence-electron chi connectivity index (χ1n) is 8.74. The summed E-state index contributed by atoms with van der Waals surface area (Å²) in [7, 11) is 0. The Morgan fingerprint density at radius 2 is 1.36 bits per heavy atom. The molecule has 4 rings (SSSR count). The minimum atomic E-state index is 0.437. The van der Waals surface area contributed by atoms with Crippen molar-refractivity contribution in [3.63, 3.8) is 0 Å². The van der Waals surface area contributed by atoms with E-state index in [0.29, 0.717) is 17.4 Å². The van der Waals surface area contributed by atoms with Gasteiger partial charge < -0.3 is 9.47 Å². The molecule has 0 bridgehead atoms. The maximum atomic E-state index is 5.88. The largest absolute Gasteiger partial charge is 0.448 e. The smallest absolute Gasteiger partial charge is 0.282 e. The molecule has 1 aliphatic heterocycles. The molecule has 3 aromatic rings. The summed E-state index contributed by atoms with van der Waals surface area (Å²) in [5, 5.41) is 8.43. The Balaban J connectivity index is 1.30. The minimum Gasteiger partial charge on any atom is -0.448 e. The van der Waals surface area contributed by atoms with Crippen LogP contribution < -0.4 is 9.47 Å². The minimum absolute atomic E-state index is 0.437. The van der Waals surface area contributed by atoms with Crippen molar-refractivity contribution in [3.05, 3.63) is 71.9 Å². The van der Waals surface area contributed by atoms with Gasteiger partial charge in [0.25, 0.3) is 5.88 Å². The predicted molar refractivity (Wildman–Crippen MR) is 96.3 cm³/mol. The van der Waals surface area contributed by atoms with Crippen LogP contribution >= 0.6 is 0 Å². The molecule has 0 fully saturated rings. The Morgan fingerprint density at radius 3 is 2.20 bits per heavy atom. The number of hydrogen-bond acceptors (Lipinski definition) is 4. The van der Waals surface area contributed by atoms with Gasteiger partial charge in [-0.05, 0) is 43.4 Å². The number of benzene rings is 2. The van der Waals surface area contributed by atoms with Gasteiger partial charge in [-0.2, -0.15) is 5.10 Å². The van der Waals surface area contributed by atoms with Gasteiger partial charge >= 0.3 is 0 Å². The van der Waals surface area contributed by atoms with E-state index in [-0.39, 0.29) is 0 Å². The first-order chi connectivity index (χ1) is 12.4. The Morgan fingerprint density at radius 1 is 0.640 bits per heavy atom. The van der Waals surface area contributed by atoms with E-state index in [9.17, 15) is 0 Å². The van der Waals surface area contributed by atoms with E-state index in [1.165, 1.54) is 18.4 Å². The third-order valence-electron chi connectivity index (χ3n) is 4.29. The van der Waals surface area contributed by atoms with Gasteiger partial charge in [-0.15, -0.1) is 5.10 Å². The predicted octanol–water partition coefficient (Wildman–Crippen LogP) is 5.33. The van der Waals surface area contributed by atoms with Gasteiger partial charge in [0, 0.05) is 6.07 Å². The Labute approximate surface area is 147 Å². The SMILES string of the molecule is c1ccc(CCCCCc2cc3c(nn2)Oc2ccccc2O3)cc1. The van der Waals surface area contributed by atoms with E-state index in [4.69, 9.17) is 9.47 Å². The molecule has 1 aliphatic rings. The molecule has 126 valence electrons. The van der Waals surface area contributed by atoms with Gasteiger partial charge in [-0.25, -0.2) is 0 Å². The molecule has 2 heterocycles. The van der Waals surface area contributed by atoms with E-state index in [2.05, 4.69) is 40.5 Å². The average molecular weight is 332 g/mol. The zero-order valence-electron chi connectivity index (χ0n) is 14.0. The number of rotatable bonds is 6. The number of unbranched alkanes of at least 4 members (excludes halogenated alkanes) is 2. The van der Waals surface area contributed by atoms with Crippen molar-refractivity contribution in [2.75, 3.05) is 0 Å². The third kappa shape index (κ3) is 3.79. The summed E-state index contributed by atoms with van der Waals surface area (Å²) in [5.74, 6) is 2.48. The molecule has 0 saturated heterocycles. The van der Waals surface area contributed by atoms with Gasteiger partial charge in [0.2, 0.25) is 0 Å². The van der Waals surface area contributed by atoms with Crippen LogP contribution in [-0.4, -0.2) is 10.2 Å². The first-order valence-corrected chi connectivity index (χ1v) is 8.74. The van der Waals surface area contributed by atoms with Crippen LogP contribution in [0.5, 0.6) is 23.1 Å². The second-order valence-electron chi connectivity index (χ2n) is 6.20. The fourth-order valence-corrected chi connectivity index (χ4v) is 2.96. The van der Waals surface area contributed by atoms with E-state index in [1.54, 1.807) is 0 Å². The number of ether oxygens (including phenoxy) is 2. The molecule has 0 unspecified atom stereocenters. The highest BCUT2D eigenvalue weighted by Crippen LogP contribution is 2.43. The molecule has 0 radical (unpaired) electrons. The van der Waals surface area contributed by atoms with Gasteiger partial charge in [0.15, 0.2) is 17.2 Å². The van der Waals surface area contributed by atoms with E-state index < -0.39 is 0 Å². The highest BCUT2D eigenvalue weighted by Gasteiger charge is 2.20. The third-order valence-corrected chi connectivity index (χ3v) is 4.29. The van der Waals surface area contributed by atoms with Crippen molar-refractivity contribution < 1.29 is 9.47 Å². The van der Waals surface area contributed by atoms with Crippen molar-refractivity contribution in [2.24, 2.45) is 0 Å². The molecule has 4 nitrogen and oxygen atoms in total. The van der Waals surface area contributed by atoms with Crippen LogP contribution in [0.25, 0.3) is 0 Å². The molecule has 0 N–H and O–H groups in total. The lowest BCUT2D eigenvalue weighted by Gasteiger charge is -2.19. The zero-order valence-corrected chi connectivity index (χ0v) is 14.0. The number of aryl methyl sites for hydroxylation is 2. The van der Waals surface area contributed by atoms with Crippen LogP contribution in [0.1, 0.15) is 30.5 Å². The first kappa shape index (κ1) is 15.6. The second kappa shape index (κ2) is 7.34. The quantitative estimate of drug-likeness (QED) is 0.448. The Kier molecular flexibility index (Phi) is 4.59. The van der Waals surface area contributed by atoms with Crippen LogP contribution in [0.4, 0.5) is 0 Å². The van der Waals surface area contributed by atoms with Crippen LogP contribution in [-0.2, 0) is 12.8 Å². The molecule has 2 aromatic carbocycles. The highest BCUT2D eigenvalue weighted by molar-refractivity contribution is 5.51. The number of hydrogen-bond donors (Lipinski definition) is 0. The van der Waals surface area contributed by atoms with Gasteiger partial charge in [0.1, 0.15) is 0 Å². The molecule has 0 atom stereocenters. The van der Waals surface area contributed by atoms with Crippen molar-refractivity contribution in [1.82, 2.24) is 10.2 Å². The van der Waals surface area contributed by atoms with Crippen molar-refractivity contribution >= 4 is 0 Å². The van der Waals surface area contributed by atoms with Gasteiger partial charge in [0.05, 0.1) is 5.69 Å². The highest BCUT2D eigenvalue weighted by atomic mass is 16.6. The lowest BCUT2D eigenvalue weighted by atomic mass is 10.1. The van der Waals surface area contributed by atoms with Crippen LogP contribution in [0.3, 0.4) is 0 Å². The monoisotopic (exact) mass is 332 g/mol. The number of aromatic nitrogens is 2. The normalized spacial score (nSPS) is 11.8. The fraction of sp³-hybridized carbons (Fsp3) is 0.238. The molecule has 1 aromatic heterocycles. The molecule has 0 amide bonds. The molecular weight excluding hydrogens is 312 g/mol. The lowest BCUT2D eigenvalue weighted by Crippen LogP contribution is -2.04. The van der Waals surface area contributed by atoms with E-state index in [0.717, 1.165) is 30.7 Å². The van der Waals surface area contributed by atoms with Crippen LogP contribution in [0.15, 0.2) is 60.7 Å². The van der Waals surface area contributed by atoms with Crippen molar-refractivity contribution in [1.29, 1.82) is 0 Å². The summed E-state index contributed by atoms with van der Waals surface area (Å²) in [6, 6.07) is 20.1. The molecule has 4 heteroatoms. The summed E-state index contributed by atoms with van der Waals surface area (Å²) in [6.07, 6.45) is 5.49. The average Bonchev–Trinajstić information content (AvgIpc) is 2.67. The maximum Gasteiger partial charge on any atom is 0.282 e. The molecule has 0 spiro atoms. The molecule has 0 saturated carbocycles. The standard InChI is InChI=1S/C21H20N2O2/c1-3-9-16(10-4-1)11-5-2-6-12-17-15-20-21(23-22-17)25-19-14-8-7-13-18(19)24-20/h1,3-4,7-10,13-15H,2,5-6,11-12H2. The summed E-state index contributed by atoms with van der Waals surface area (Å²) in [5.41, 5.74) is 2.35. The second-order valence-corrected chi connectivity index (χ2v) is 6.20. The van der Waals surface area contributed by atoms with Gasteiger partial charge in [-0.1, -0.05) is 48.9 Å². The summed E-state index contributed by atoms with van der Waals surface area (Å²) in [6.45, 7) is 0. The molecule has 0 aliphatic carbocycles. The lowest BCUT2D eigenvalue weighted by molar-refractivity contribution is 0.342. The van der Waals surface area contributed by atoms with Crippen molar-refractivity contribution in [3.8, 4) is 23.1 Å². The topological polar surface area (TPSA) is 44.2 Å². The van der Waals surface area contributed by atoms with Gasteiger partial charge in [-0.3, -0.25) is 0 Å². The zero-order chi connectivity index (χ0) is 16.9. The van der Waals surface area contributed by atoms with Crippen LogP contribution in [0, 0.1) is 0 Å². The summed E-state index contributed by atoms with van der Waals surface area (Å²) >= 11 is 0. The van der Waals surface area contributed by atoms with E-state index in [1.807, 2.05) is 30.3 Å². The molecular formula is C21H20N2O2. The number of nitrogens with zero attached hydrogens (tertiary/aromatic N) is 2. The Hall–Kier alpha value is -2.88. The molecule has 25 heavy (non-hydrogen) atoms.